The Morgan fingerprint density at radius 2 is 1.96 bits per heavy atom. The maximum Gasteiger partial charge on any atom is 0.260 e. The van der Waals surface area contributed by atoms with E-state index in [4.69, 9.17) is 4.74 Å². The third kappa shape index (κ3) is 3.69. The van der Waals surface area contributed by atoms with E-state index >= 15 is 0 Å². The summed E-state index contributed by atoms with van der Waals surface area (Å²) < 4.78 is 6.61. The van der Waals surface area contributed by atoms with Crippen LogP contribution < -0.4 is 4.74 Å². The number of para-hydroxylation sites is 2. The van der Waals surface area contributed by atoms with Crippen LogP contribution in [0.1, 0.15) is 28.3 Å². The van der Waals surface area contributed by atoms with E-state index in [1.54, 1.807) is 47.5 Å². The van der Waals surface area contributed by atoms with Gasteiger partial charge in [0.25, 0.3) is 5.91 Å². The predicted molar refractivity (Wildman–Crippen MR) is 98.1 cm³/mol. The largest absolute Gasteiger partial charge is 0.483 e. The molecule has 6 heteroatoms. The zero-order valence-electron chi connectivity index (χ0n) is 14.0. The molecule has 3 rings (SSSR count). The molecular formula is C19H18N2O3S. The number of benzene rings is 2. The van der Waals surface area contributed by atoms with Gasteiger partial charge in [-0.15, -0.1) is 11.3 Å². The van der Waals surface area contributed by atoms with Gasteiger partial charge in [0, 0.05) is 7.05 Å². The molecule has 3 aromatic rings. The maximum absolute atomic E-state index is 12.4. The fourth-order valence-corrected chi connectivity index (χ4v) is 3.46. The highest BCUT2D eigenvalue weighted by Crippen LogP contribution is 2.28. The summed E-state index contributed by atoms with van der Waals surface area (Å²) in [5.41, 5.74) is 1.36. The molecule has 0 unspecified atom stereocenters. The summed E-state index contributed by atoms with van der Waals surface area (Å²) in [5.74, 6) is 0.236. The first-order valence-electron chi connectivity index (χ1n) is 7.88. The Bertz CT molecular complexity index is 873. The molecule has 0 bridgehead atoms. The highest BCUT2D eigenvalue weighted by molar-refractivity contribution is 7.18. The molecule has 2 aromatic carbocycles. The number of amides is 1. The SMILES string of the molecule is C[C@@H](c1nc2ccccc2s1)N(C)C(=O)COc1ccccc1C=O. The van der Waals surface area contributed by atoms with Gasteiger partial charge in [-0.25, -0.2) is 4.98 Å². The Kier molecular flexibility index (Phi) is 5.09. The monoisotopic (exact) mass is 354 g/mol. The third-order valence-corrected chi connectivity index (χ3v) is 5.25. The molecule has 0 saturated carbocycles. The highest BCUT2D eigenvalue weighted by Gasteiger charge is 2.21. The van der Waals surface area contributed by atoms with Crippen molar-refractivity contribution in [1.82, 2.24) is 9.88 Å². The average molecular weight is 354 g/mol. The number of carbonyl (C=O) groups excluding carboxylic acids is 2. The van der Waals surface area contributed by atoms with E-state index in [-0.39, 0.29) is 18.6 Å². The number of likely N-dealkylation sites (N-methyl/N-ethyl adjacent to an activating group) is 1. The summed E-state index contributed by atoms with van der Waals surface area (Å²) in [6.45, 7) is 1.81. The zero-order chi connectivity index (χ0) is 17.8. The number of hydrogen-bond donors (Lipinski definition) is 0. The van der Waals surface area contributed by atoms with Gasteiger partial charge in [0.1, 0.15) is 10.8 Å². The van der Waals surface area contributed by atoms with Crippen molar-refractivity contribution in [3.63, 3.8) is 0 Å². The molecule has 1 heterocycles. The Morgan fingerprint density at radius 3 is 2.72 bits per heavy atom. The van der Waals surface area contributed by atoms with E-state index in [2.05, 4.69) is 4.98 Å². The molecule has 0 spiro atoms. The van der Waals surface area contributed by atoms with Crippen LogP contribution in [0, 0.1) is 0 Å². The van der Waals surface area contributed by atoms with E-state index in [0.717, 1.165) is 15.2 Å². The number of thiazole rings is 1. The Labute approximate surface area is 149 Å². The van der Waals surface area contributed by atoms with Gasteiger partial charge in [0.05, 0.1) is 21.8 Å². The molecule has 1 amide bonds. The van der Waals surface area contributed by atoms with Crippen molar-refractivity contribution in [3.8, 4) is 5.75 Å². The molecular weight excluding hydrogens is 336 g/mol. The number of nitrogens with zero attached hydrogens (tertiary/aromatic N) is 2. The van der Waals surface area contributed by atoms with Crippen molar-refractivity contribution < 1.29 is 14.3 Å². The average Bonchev–Trinajstić information content (AvgIpc) is 3.09. The van der Waals surface area contributed by atoms with Crippen LogP contribution in [-0.4, -0.2) is 35.7 Å². The minimum Gasteiger partial charge on any atom is -0.483 e. The number of carbonyl (C=O) groups is 2. The van der Waals surface area contributed by atoms with Gasteiger partial charge >= 0.3 is 0 Å². The van der Waals surface area contributed by atoms with Crippen molar-refractivity contribution in [2.75, 3.05) is 13.7 Å². The minimum atomic E-state index is -0.174. The van der Waals surface area contributed by atoms with E-state index in [0.29, 0.717) is 17.6 Å². The first-order valence-corrected chi connectivity index (χ1v) is 8.70. The molecule has 0 saturated heterocycles. The van der Waals surface area contributed by atoms with Crippen molar-refractivity contribution in [2.45, 2.75) is 13.0 Å². The summed E-state index contributed by atoms with van der Waals surface area (Å²) in [7, 11) is 1.73. The molecule has 25 heavy (non-hydrogen) atoms. The normalized spacial score (nSPS) is 11.9. The lowest BCUT2D eigenvalue weighted by Gasteiger charge is -2.23. The second kappa shape index (κ2) is 7.44. The van der Waals surface area contributed by atoms with Gasteiger partial charge < -0.3 is 9.64 Å². The van der Waals surface area contributed by atoms with Gasteiger partial charge in [0.15, 0.2) is 12.9 Å². The molecule has 0 aliphatic heterocycles. The van der Waals surface area contributed by atoms with Crippen molar-refractivity contribution in [2.24, 2.45) is 0 Å². The molecule has 1 aromatic heterocycles. The number of hydrogen-bond acceptors (Lipinski definition) is 5. The molecule has 0 fully saturated rings. The minimum absolute atomic E-state index is 0.128. The summed E-state index contributed by atoms with van der Waals surface area (Å²) in [5, 5.41) is 0.880. The van der Waals surface area contributed by atoms with Crippen LogP contribution in [0.15, 0.2) is 48.5 Å². The number of aldehydes is 1. The van der Waals surface area contributed by atoms with E-state index in [9.17, 15) is 9.59 Å². The lowest BCUT2D eigenvalue weighted by molar-refractivity contribution is -0.134. The first kappa shape index (κ1) is 17.1. The molecule has 128 valence electrons. The molecule has 0 aliphatic rings. The highest BCUT2D eigenvalue weighted by atomic mass is 32.1. The van der Waals surface area contributed by atoms with Gasteiger partial charge in [-0.2, -0.15) is 0 Å². The van der Waals surface area contributed by atoms with Crippen LogP contribution in [0.25, 0.3) is 10.2 Å². The van der Waals surface area contributed by atoms with Gasteiger partial charge in [-0.1, -0.05) is 24.3 Å². The van der Waals surface area contributed by atoms with Crippen LogP contribution in [0.5, 0.6) is 5.75 Å². The van der Waals surface area contributed by atoms with E-state index < -0.39 is 0 Å². The third-order valence-electron chi connectivity index (χ3n) is 4.04. The fraction of sp³-hybridized carbons (Fsp3) is 0.211. The molecule has 0 N–H and O–H groups in total. The molecule has 1 atom stereocenters. The summed E-state index contributed by atoms with van der Waals surface area (Å²) in [4.78, 5) is 29.6. The zero-order valence-corrected chi connectivity index (χ0v) is 14.8. The van der Waals surface area contributed by atoms with Crippen molar-refractivity contribution >= 4 is 33.7 Å². The first-order chi connectivity index (χ1) is 12.1. The number of rotatable bonds is 6. The van der Waals surface area contributed by atoms with Crippen LogP contribution in [-0.2, 0) is 4.79 Å². The van der Waals surface area contributed by atoms with Gasteiger partial charge in [-0.05, 0) is 31.2 Å². The summed E-state index contributed by atoms with van der Waals surface area (Å²) >= 11 is 1.58. The number of ether oxygens (including phenoxy) is 1. The second-order valence-corrected chi connectivity index (χ2v) is 6.71. The Hall–Kier alpha value is -2.73. The fourth-order valence-electron chi connectivity index (χ4n) is 2.40. The van der Waals surface area contributed by atoms with Gasteiger partial charge in [0.2, 0.25) is 0 Å². The lowest BCUT2D eigenvalue weighted by atomic mass is 10.2. The Morgan fingerprint density at radius 1 is 1.24 bits per heavy atom. The Balaban J connectivity index is 1.68. The van der Waals surface area contributed by atoms with Crippen LogP contribution in [0.2, 0.25) is 0 Å². The van der Waals surface area contributed by atoms with Crippen molar-refractivity contribution in [3.05, 3.63) is 59.1 Å². The second-order valence-electron chi connectivity index (χ2n) is 5.64. The van der Waals surface area contributed by atoms with E-state index in [1.807, 2.05) is 31.2 Å². The number of fused-ring (bicyclic) bond motifs is 1. The molecule has 0 aliphatic carbocycles. The van der Waals surface area contributed by atoms with Crippen LogP contribution >= 0.6 is 11.3 Å². The van der Waals surface area contributed by atoms with Crippen LogP contribution in [0.3, 0.4) is 0 Å². The standard InChI is InChI=1S/C19H18N2O3S/c1-13(19-20-15-8-4-6-10-17(15)25-19)21(2)18(23)12-24-16-9-5-3-7-14(16)11-22/h3-11,13H,12H2,1-2H3/t13-/m0/s1. The maximum atomic E-state index is 12.4. The van der Waals surface area contributed by atoms with E-state index in [1.165, 1.54) is 0 Å². The quantitative estimate of drug-likeness (QED) is 0.633. The summed E-state index contributed by atoms with van der Waals surface area (Å²) in [6.07, 6.45) is 0.716. The summed E-state index contributed by atoms with van der Waals surface area (Å²) in [6, 6.07) is 14.6. The lowest BCUT2D eigenvalue weighted by Crippen LogP contribution is -2.33. The molecule has 0 radical (unpaired) electrons. The molecule has 5 nitrogen and oxygen atoms in total. The van der Waals surface area contributed by atoms with Crippen LogP contribution in [0.4, 0.5) is 0 Å². The predicted octanol–water partition coefficient (Wildman–Crippen LogP) is 3.71. The topological polar surface area (TPSA) is 59.5 Å². The van der Waals surface area contributed by atoms with Gasteiger partial charge in [-0.3, -0.25) is 9.59 Å². The van der Waals surface area contributed by atoms with Crippen molar-refractivity contribution in [1.29, 1.82) is 0 Å². The number of aromatic nitrogens is 1. The smallest absolute Gasteiger partial charge is 0.260 e.